The van der Waals surface area contributed by atoms with Crippen molar-refractivity contribution in [1.82, 2.24) is 10.7 Å². The van der Waals surface area contributed by atoms with E-state index >= 15 is 0 Å². The Morgan fingerprint density at radius 3 is 1.46 bits per heavy atom. The molecule has 26 heavy (non-hydrogen) atoms. The van der Waals surface area contributed by atoms with Gasteiger partial charge in [-0.15, -0.1) is 0 Å². The quantitative estimate of drug-likeness (QED) is 0.110. The van der Waals surface area contributed by atoms with Crippen LogP contribution in [0.15, 0.2) is 0 Å². The van der Waals surface area contributed by atoms with Crippen LogP contribution in [0.4, 0.5) is 0 Å². The third-order valence-electron chi connectivity index (χ3n) is 5.07. The Kier molecular flexibility index (Phi) is 20.2. The Morgan fingerprint density at radius 1 is 0.692 bits per heavy atom. The molecular weight excluding hydrogens is 322 g/mol. The van der Waals surface area contributed by atoms with E-state index in [4.69, 9.17) is 5.84 Å². The number of hydrogen-bond donors (Lipinski definition) is 3. The average molecular weight is 370 g/mol. The van der Waals surface area contributed by atoms with Crippen molar-refractivity contribution >= 4 is 5.91 Å². The summed E-state index contributed by atoms with van der Waals surface area (Å²) in [6, 6.07) is 0. The molecule has 156 valence electrons. The number of unbranched alkanes of at least 4 members (excludes halogenated alkanes) is 14. The predicted molar refractivity (Wildman–Crippen MR) is 114 cm³/mol. The van der Waals surface area contributed by atoms with Crippen LogP contribution in [0.2, 0.25) is 0 Å². The molecule has 0 unspecified atom stereocenters. The summed E-state index contributed by atoms with van der Waals surface area (Å²) in [6.45, 7) is 5.01. The molecule has 0 aliphatic carbocycles. The summed E-state index contributed by atoms with van der Waals surface area (Å²) < 4.78 is 0. The zero-order chi connectivity index (χ0) is 19.3. The molecule has 0 heterocycles. The Hall–Kier alpha value is -0.610. The zero-order valence-electron chi connectivity index (χ0n) is 17.8. The molecule has 4 N–H and O–H groups in total. The van der Waals surface area contributed by atoms with Crippen LogP contribution in [0.3, 0.4) is 0 Å². The molecule has 0 aromatic rings. The number of carbonyl (C=O) groups is 1. The highest BCUT2D eigenvalue weighted by atomic mass is 16.1. The third kappa shape index (κ3) is 21.4. The molecule has 4 nitrogen and oxygen atoms in total. The Labute approximate surface area is 163 Å². The highest BCUT2D eigenvalue weighted by Gasteiger charge is 1.99. The Bertz CT molecular complexity index is 295. The fourth-order valence-electron chi connectivity index (χ4n) is 3.37. The second-order valence-corrected chi connectivity index (χ2v) is 8.22. The van der Waals surface area contributed by atoms with Crippen LogP contribution < -0.4 is 16.6 Å². The molecule has 0 atom stereocenters. The topological polar surface area (TPSA) is 67.2 Å². The van der Waals surface area contributed by atoms with E-state index in [1.807, 2.05) is 0 Å². The first-order valence-corrected chi connectivity index (χ1v) is 11.4. The lowest BCUT2D eigenvalue weighted by molar-refractivity contribution is -0.121. The van der Waals surface area contributed by atoms with Crippen molar-refractivity contribution < 1.29 is 4.79 Å². The molecule has 0 radical (unpaired) electrons. The molecule has 0 fully saturated rings. The van der Waals surface area contributed by atoms with Crippen molar-refractivity contribution in [2.75, 3.05) is 6.67 Å². The summed E-state index contributed by atoms with van der Waals surface area (Å²) >= 11 is 0. The minimum absolute atomic E-state index is 0.0958. The summed E-state index contributed by atoms with van der Waals surface area (Å²) in [6.07, 6.45) is 22.4. The number of carbonyl (C=O) groups excluding carboxylic acids is 1. The van der Waals surface area contributed by atoms with Gasteiger partial charge in [0.25, 0.3) is 0 Å². The highest BCUT2D eigenvalue weighted by molar-refractivity contribution is 5.75. The molecule has 0 aromatic heterocycles. The molecule has 4 heteroatoms. The second kappa shape index (κ2) is 20.7. The van der Waals surface area contributed by atoms with Gasteiger partial charge in [0.05, 0.1) is 6.67 Å². The van der Waals surface area contributed by atoms with Crippen molar-refractivity contribution in [3.8, 4) is 0 Å². The lowest BCUT2D eigenvalue weighted by Gasteiger charge is -2.05. The highest BCUT2D eigenvalue weighted by Crippen LogP contribution is 2.15. The Balaban J connectivity index is 3.06. The van der Waals surface area contributed by atoms with E-state index in [-0.39, 0.29) is 5.91 Å². The van der Waals surface area contributed by atoms with Gasteiger partial charge in [-0.3, -0.25) is 10.6 Å². The number of nitrogens with one attached hydrogen (secondary N) is 2. The SMILES string of the molecule is CC(C)CCCCCCCCCCCCCCCCCC(=O)NCNN. The number of amides is 1. The van der Waals surface area contributed by atoms with Crippen LogP contribution >= 0.6 is 0 Å². The van der Waals surface area contributed by atoms with Crippen LogP contribution in [0.25, 0.3) is 0 Å². The average Bonchev–Trinajstić information content (AvgIpc) is 2.62. The van der Waals surface area contributed by atoms with Gasteiger partial charge in [-0.25, -0.2) is 5.43 Å². The molecule has 0 rings (SSSR count). The monoisotopic (exact) mass is 369 g/mol. The van der Waals surface area contributed by atoms with E-state index in [1.54, 1.807) is 0 Å². The van der Waals surface area contributed by atoms with Gasteiger partial charge in [0.2, 0.25) is 5.91 Å². The van der Waals surface area contributed by atoms with Gasteiger partial charge in [0.15, 0.2) is 0 Å². The fourth-order valence-corrected chi connectivity index (χ4v) is 3.37. The van der Waals surface area contributed by atoms with Gasteiger partial charge >= 0.3 is 0 Å². The first kappa shape index (κ1) is 25.4. The lowest BCUT2D eigenvalue weighted by atomic mass is 10.0. The van der Waals surface area contributed by atoms with Gasteiger partial charge in [0, 0.05) is 6.42 Å². The van der Waals surface area contributed by atoms with Gasteiger partial charge in [-0.2, -0.15) is 0 Å². The van der Waals surface area contributed by atoms with E-state index in [0.29, 0.717) is 13.1 Å². The Morgan fingerprint density at radius 2 is 1.08 bits per heavy atom. The van der Waals surface area contributed by atoms with Crippen LogP contribution in [-0.2, 0) is 4.79 Å². The maximum absolute atomic E-state index is 11.4. The fraction of sp³-hybridized carbons (Fsp3) is 0.955. The maximum atomic E-state index is 11.4. The normalized spacial score (nSPS) is 11.2. The largest absolute Gasteiger partial charge is 0.342 e. The molecule has 1 amide bonds. The first-order chi connectivity index (χ1) is 12.7. The number of rotatable bonds is 20. The van der Waals surface area contributed by atoms with Gasteiger partial charge in [-0.05, 0) is 12.3 Å². The van der Waals surface area contributed by atoms with Gasteiger partial charge in [0.1, 0.15) is 0 Å². The maximum Gasteiger partial charge on any atom is 0.221 e. The van der Waals surface area contributed by atoms with Gasteiger partial charge in [-0.1, -0.05) is 110 Å². The first-order valence-electron chi connectivity index (χ1n) is 11.4. The van der Waals surface area contributed by atoms with E-state index in [1.165, 1.54) is 96.3 Å². The molecule has 0 saturated heterocycles. The van der Waals surface area contributed by atoms with Crippen molar-refractivity contribution in [2.45, 2.75) is 123 Å². The smallest absolute Gasteiger partial charge is 0.221 e. The molecule has 0 aliphatic heterocycles. The zero-order valence-corrected chi connectivity index (χ0v) is 17.8. The summed E-state index contributed by atoms with van der Waals surface area (Å²) in [7, 11) is 0. The van der Waals surface area contributed by atoms with Crippen molar-refractivity contribution in [2.24, 2.45) is 11.8 Å². The van der Waals surface area contributed by atoms with Crippen LogP contribution in [0.5, 0.6) is 0 Å². The van der Waals surface area contributed by atoms with Crippen molar-refractivity contribution in [1.29, 1.82) is 0 Å². The molecule has 0 bridgehead atoms. The lowest BCUT2D eigenvalue weighted by Crippen LogP contribution is -2.37. The summed E-state index contributed by atoms with van der Waals surface area (Å²) in [5.74, 6) is 6.08. The van der Waals surface area contributed by atoms with E-state index in [0.717, 1.165) is 12.3 Å². The van der Waals surface area contributed by atoms with E-state index in [2.05, 4.69) is 24.6 Å². The molecule has 0 aliphatic rings. The molecule has 0 saturated carbocycles. The minimum Gasteiger partial charge on any atom is -0.342 e. The number of hydrazine groups is 1. The summed E-state index contributed by atoms with van der Waals surface area (Å²) in [4.78, 5) is 11.4. The summed E-state index contributed by atoms with van der Waals surface area (Å²) in [5, 5.41) is 2.71. The second-order valence-electron chi connectivity index (χ2n) is 8.22. The standard InChI is InChI=1S/C22H47N3O/c1-21(2)18-16-14-12-10-8-6-4-3-5-7-9-11-13-15-17-19-22(26)24-20-25-23/h21,25H,3-20,23H2,1-2H3,(H,24,26). The van der Waals surface area contributed by atoms with E-state index < -0.39 is 0 Å². The molecule has 0 aromatic carbocycles. The van der Waals surface area contributed by atoms with Crippen LogP contribution in [-0.4, -0.2) is 12.6 Å². The molecule has 0 spiro atoms. The van der Waals surface area contributed by atoms with Crippen molar-refractivity contribution in [3.63, 3.8) is 0 Å². The minimum atomic E-state index is 0.0958. The van der Waals surface area contributed by atoms with Crippen molar-refractivity contribution in [3.05, 3.63) is 0 Å². The number of hydrogen-bond acceptors (Lipinski definition) is 3. The summed E-state index contributed by atoms with van der Waals surface area (Å²) in [5.41, 5.74) is 2.43. The van der Waals surface area contributed by atoms with Crippen LogP contribution in [0.1, 0.15) is 123 Å². The third-order valence-corrected chi connectivity index (χ3v) is 5.07. The van der Waals surface area contributed by atoms with Crippen LogP contribution in [0, 0.1) is 5.92 Å². The van der Waals surface area contributed by atoms with E-state index in [9.17, 15) is 4.79 Å². The number of nitrogens with two attached hydrogens (primary N) is 1. The molecular formula is C22H47N3O. The van der Waals surface area contributed by atoms with Gasteiger partial charge < -0.3 is 5.32 Å². The predicted octanol–water partition coefficient (Wildman–Crippen LogP) is 5.81.